The molecule has 162 valence electrons. The van der Waals surface area contributed by atoms with Crippen molar-refractivity contribution in [3.63, 3.8) is 0 Å². The number of hydrogen-bond donors (Lipinski definition) is 1. The van der Waals surface area contributed by atoms with E-state index in [2.05, 4.69) is 33.5 Å². The molecule has 2 amide bonds. The van der Waals surface area contributed by atoms with Crippen LogP contribution in [0.2, 0.25) is 5.15 Å². The Labute approximate surface area is 195 Å². The molecule has 3 heterocycles. The van der Waals surface area contributed by atoms with Gasteiger partial charge in [-0.15, -0.1) is 0 Å². The molecule has 2 aromatic carbocycles. The fourth-order valence-corrected chi connectivity index (χ4v) is 4.14. The molecule has 6 nitrogen and oxygen atoms in total. The van der Waals surface area contributed by atoms with Crippen molar-refractivity contribution in [2.45, 2.75) is 13.0 Å². The average molecular weight is 455 g/mol. The zero-order chi connectivity index (χ0) is 22.8. The Morgan fingerprint density at radius 2 is 1.61 bits per heavy atom. The van der Waals surface area contributed by atoms with Crippen LogP contribution in [-0.4, -0.2) is 21.8 Å². The number of amides is 2. The van der Waals surface area contributed by atoms with Gasteiger partial charge in [0.25, 0.3) is 11.8 Å². The van der Waals surface area contributed by atoms with Crippen molar-refractivity contribution < 1.29 is 9.59 Å². The summed E-state index contributed by atoms with van der Waals surface area (Å²) in [6.07, 6.45) is 3.76. The minimum atomic E-state index is -0.419. The van der Waals surface area contributed by atoms with Crippen molar-refractivity contribution >= 4 is 34.9 Å². The lowest BCUT2D eigenvalue weighted by molar-refractivity contribution is 0.0984. The lowest BCUT2D eigenvalue weighted by atomic mass is 10.0. The highest BCUT2D eigenvalue weighted by Gasteiger charge is 2.25. The van der Waals surface area contributed by atoms with Gasteiger partial charge in [0, 0.05) is 18.1 Å². The van der Waals surface area contributed by atoms with E-state index in [-0.39, 0.29) is 16.6 Å². The number of nitrogens with one attached hydrogen (secondary N) is 1. The van der Waals surface area contributed by atoms with Gasteiger partial charge in [-0.25, -0.2) is 9.97 Å². The topological polar surface area (TPSA) is 75.2 Å². The molecule has 0 saturated heterocycles. The molecule has 1 aliphatic heterocycles. The number of hydrogen-bond acceptors (Lipinski definition) is 4. The Bertz CT molecular complexity index is 1350. The summed E-state index contributed by atoms with van der Waals surface area (Å²) in [4.78, 5) is 35.9. The van der Waals surface area contributed by atoms with Gasteiger partial charge >= 0.3 is 0 Å². The minimum absolute atomic E-state index is 0.113. The normalized spacial score (nSPS) is 12.3. The van der Waals surface area contributed by atoms with E-state index in [1.807, 2.05) is 30.3 Å². The number of carbonyl (C=O) groups is 2. The molecule has 0 spiro atoms. The molecule has 0 saturated carbocycles. The summed E-state index contributed by atoms with van der Waals surface area (Å²) in [6, 6.07) is 22.6. The van der Waals surface area contributed by atoms with E-state index in [4.69, 9.17) is 11.6 Å². The van der Waals surface area contributed by atoms with Crippen molar-refractivity contribution in [2.24, 2.45) is 0 Å². The largest absolute Gasteiger partial charge is 0.306 e. The molecule has 7 heteroatoms. The molecule has 1 aliphatic rings. The molecule has 5 rings (SSSR count). The third kappa shape index (κ3) is 4.21. The molecular formula is C26H19ClN4O2. The fourth-order valence-electron chi connectivity index (χ4n) is 3.94. The van der Waals surface area contributed by atoms with Crippen LogP contribution in [0.15, 0.2) is 85.2 Å². The third-order valence-electron chi connectivity index (χ3n) is 5.61. The van der Waals surface area contributed by atoms with Gasteiger partial charge < -0.3 is 10.2 Å². The Morgan fingerprint density at radius 1 is 0.848 bits per heavy atom. The molecule has 0 fully saturated rings. The van der Waals surface area contributed by atoms with E-state index in [1.54, 1.807) is 29.2 Å². The predicted molar refractivity (Wildman–Crippen MR) is 128 cm³/mol. The molecule has 2 aromatic heterocycles. The molecule has 33 heavy (non-hydrogen) atoms. The zero-order valence-electron chi connectivity index (χ0n) is 17.5. The first kappa shape index (κ1) is 20.8. The third-order valence-corrected chi connectivity index (χ3v) is 5.91. The highest BCUT2D eigenvalue weighted by atomic mass is 35.5. The summed E-state index contributed by atoms with van der Waals surface area (Å²) in [7, 11) is 0. The Hall–Kier alpha value is -4.03. The van der Waals surface area contributed by atoms with E-state index in [1.165, 1.54) is 18.0 Å². The summed E-state index contributed by atoms with van der Waals surface area (Å²) in [5.74, 6) is -0.254. The Balaban J connectivity index is 1.40. The molecule has 0 bridgehead atoms. The van der Waals surface area contributed by atoms with E-state index in [0.717, 1.165) is 23.2 Å². The van der Waals surface area contributed by atoms with Gasteiger partial charge in [-0.2, -0.15) is 0 Å². The summed E-state index contributed by atoms with van der Waals surface area (Å²) in [5, 5.41) is 2.80. The van der Waals surface area contributed by atoms with E-state index in [0.29, 0.717) is 17.9 Å². The molecule has 0 radical (unpaired) electrons. The van der Waals surface area contributed by atoms with Crippen LogP contribution in [0.3, 0.4) is 0 Å². The van der Waals surface area contributed by atoms with Gasteiger partial charge in [-0.1, -0.05) is 54.1 Å². The van der Waals surface area contributed by atoms with Crippen LogP contribution >= 0.6 is 11.6 Å². The molecule has 0 unspecified atom stereocenters. The number of para-hydroxylation sites is 1. The minimum Gasteiger partial charge on any atom is -0.306 e. The average Bonchev–Trinajstić information content (AvgIpc) is 3.01. The Morgan fingerprint density at radius 3 is 2.36 bits per heavy atom. The summed E-state index contributed by atoms with van der Waals surface area (Å²) < 4.78 is 0. The summed E-state index contributed by atoms with van der Waals surface area (Å²) in [5.41, 5.74) is 5.00. The van der Waals surface area contributed by atoms with Crippen LogP contribution < -0.4 is 10.2 Å². The fraction of sp³-hybridized carbons (Fsp3) is 0.0769. The van der Waals surface area contributed by atoms with Crippen molar-refractivity contribution in [2.75, 3.05) is 10.2 Å². The van der Waals surface area contributed by atoms with Gasteiger partial charge in [0.1, 0.15) is 11.0 Å². The monoisotopic (exact) mass is 454 g/mol. The highest BCUT2D eigenvalue weighted by molar-refractivity contribution is 6.33. The number of aromatic nitrogens is 2. The first-order chi connectivity index (χ1) is 16.1. The SMILES string of the molecule is O=C(Nc1ccc(C(=O)N2Cc3ccccc3Cc3ccccc32)cn1)c1cccnc1Cl. The second kappa shape index (κ2) is 8.84. The van der Waals surface area contributed by atoms with Crippen molar-refractivity contribution in [1.29, 1.82) is 0 Å². The second-order valence-corrected chi connectivity index (χ2v) is 8.05. The Kier molecular flexibility index (Phi) is 5.59. The number of carbonyl (C=O) groups excluding carboxylic acids is 2. The van der Waals surface area contributed by atoms with Gasteiger partial charge in [0.15, 0.2) is 0 Å². The number of pyridine rings is 2. The van der Waals surface area contributed by atoms with Crippen LogP contribution in [0, 0.1) is 0 Å². The van der Waals surface area contributed by atoms with Crippen LogP contribution in [0.25, 0.3) is 0 Å². The van der Waals surface area contributed by atoms with E-state index >= 15 is 0 Å². The zero-order valence-corrected chi connectivity index (χ0v) is 18.3. The number of halogens is 1. The van der Waals surface area contributed by atoms with Crippen LogP contribution in [0.5, 0.6) is 0 Å². The number of anilines is 2. The first-order valence-corrected chi connectivity index (χ1v) is 10.8. The van der Waals surface area contributed by atoms with Crippen molar-refractivity contribution in [1.82, 2.24) is 9.97 Å². The molecule has 1 N–H and O–H groups in total. The summed E-state index contributed by atoms with van der Waals surface area (Å²) >= 11 is 5.99. The maximum atomic E-state index is 13.5. The summed E-state index contributed by atoms with van der Waals surface area (Å²) in [6.45, 7) is 0.476. The maximum Gasteiger partial charge on any atom is 0.260 e. The van der Waals surface area contributed by atoms with E-state index in [9.17, 15) is 9.59 Å². The van der Waals surface area contributed by atoms with Crippen molar-refractivity contribution in [3.8, 4) is 0 Å². The van der Waals surface area contributed by atoms with Crippen LogP contribution in [0.1, 0.15) is 37.4 Å². The lowest BCUT2D eigenvalue weighted by Crippen LogP contribution is -2.30. The van der Waals surface area contributed by atoms with Crippen LogP contribution in [0.4, 0.5) is 11.5 Å². The molecule has 4 aromatic rings. The molecule has 0 aliphatic carbocycles. The van der Waals surface area contributed by atoms with Gasteiger partial charge in [0.05, 0.1) is 17.7 Å². The number of fused-ring (bicyclic) bond motifs is 2. The van der Waals surface area contributed by atoms with Gasteiger partial charge in [0.2, 0.25) is 0 Å². The lowest BCUT2D eigenvalue weighted by Gasteiger charge is -2.23. The quantitative estimate of drug-likeness (QED) is 0.435. The number of benzene rings is 2. The number of nitrogens with zero attached hydrogens (tertiary/aromatic N) is 3. The van der Waals surface area contributed by atoms with E-state index < -0.39 is 5.91 Å². The smallest absolute Gasteiger partial charge is 0.260 e. The van der Waals surface area contributed by atoms with Crippen LogP contribution in [-0.2, 0) is 13.0 Å². The highest BCUT2D eigenvalue weighted by Crippen LogP contribution is 2.31. The standard InChI is InChI=1S/C26H19ClN4O2/c27-24-21(9-5-13-28-24)25(32)30-23-12-11-19(15-29-23)26(33)31-16-20-8-2-1-6-17(20)14-18-7-3-4-10-22(18)31/h1-13,15H,14,16H2,(H,29,30,32). The predicted octanol–water partition coefficient (Wildman–Crippen LogP) is 5.13. The van der Waals surface area contributed by atoms with Gasteiger partial charge in [-0.3, -0.25) is 9.59 Å². The maximum absolute atomic E-state index is 13.5. The second-order valence-electron chi connectivity index (χ2n) is 7.69. The number of rotatable bonds is 3. The molecule has 0 atom stereocenters. The first-order valence-electron chi connectivity index (χ1n) is 10.4. The molecular weight excluding hydrogens is 436 g/mol. The van der Waals surface area contributed by atoms with Gasteiger partial charge in [-0.05, 0) is 53.4 Å². The van der Waals surface area contributed by atoms with Crippen molar-refractivity contribution in [3.05, 3.63) is 118 Å².